The third kappa shape index (κ3) is 4.46. The molecule has 0 saturated heterocycles. The maximum Gasteiger partial charge on any atom is 0.368 e. The van der Waals surface area contributed by atoms with Crippen LogP contribution in [0.25, 0.3) is 16.8 Å². The summed E-state index contributed by atoms with van der Waals surface area (Å²) in [6.45, 7) is -0.856. The third-order valence-corrected chi connectivity index (χ3v) is 5.33. The van der Waals surface area contributed by atoms with Crippen LogP contribution in [0.15, 0.2) is 69.9 Å². The molecule has 0 atom stereocenters. The molecule has 0 amide bonds. The van der Waals surface area contributed by atoms with Crippen molar-refractivity contribution in [3.8, 4) is 16.8 Å². The molecule has 152 valence electrons. The molecule has 0 aliphatic heterocycles. The Balaban J connectivity index is 1.95. The van der Waals surface area contributed by atoms with Gasteiger partial charge in [-0.1, -0.05) is 24.3 Å². The van der Waals surface area contributed by atoms with Crippen molar-refractivity contribution in [2.24, 2.45) is 5.73 Å². The van der Waals surface area contributed by atoms with Gasteiger partial charge < -0.3 is 5.73 Å². The molecule has 1 aromatic heterocycles. The number of aromatic nitrogens is 4. The molecule has 11 heteroatoms. The zero-order chi connectivity index (χ0) is 21.2. The van der Waals surface area contributed by atoms with Crippen molar-refractivity contribution in [3.05, 3.63) is 70.7 Å². The highest BCUT2D eigenvalue weighted by atomic mass is 32.2. The second-order valence-corrected chi connectivity index (χ2v) is 8.26. The second kappa shape index (κ2) is 8.05. The first kappa shape index (κ1) is 20.6. The van der Waals surface area contributed by atoms with Crippen LogP contribution >= 0.6 is 0 Å². The molecule has 3 aromatic rings. The van der Waals surface area contributed by atoms with Crippen molar-refractivity contribution < 1.29 is 17.2 Å². The molecular weight excluding hydrogens is 404 g/mol. The minimum absolute atomic E-state index is 0.195. The molecule has 0 saturated carbocycles. The van der Waals surface area contributed by atoms with E-state index in [1.165, 1.54) is 12.1 Å². The predicted octanol–water partition coefficient (Wildman–Crippen LogP) is 1.61. The lowest BCUT2D eigenvalue weighted by molar-refractivity contribution is 0.400. The van der Waals surface area contributed by atoms with Crippen LogP contribution in [0.3, 0.4) is 0 Å². The van der Waals surface area contributed by atoms with Gasteiger partial charge in [-0.25, -0.2) is 13.2 Å². The van der Waals surface area contributed by atoms with E-state index >= 15 is 0 Å². The van der Waals surface area contributed by atoms with Gasteiger partial charge in [-0.2, -0.15) is 18.1 Å². The summed E-state index contributed by atoms with van der Waals surface area (Å²) in [5.74, 6) is 0. The Kier molecular flexibility index (Phi) is 5.71. The van der Waals surface area contributed by atoms with Gasteiger partial charge in [0.1, 0.15) is 0 Å². The minimum Gasteiger partial charge on any atom is -0.327 e. The highest BCUT2D eigenvalue weighted by molar-refractivity contribution is 7.90. The van der Waals surface area contributed by atoms with Crippen LogP contribution in [0.2, 0.25) is 0 Å². The first-order valence-electron chi connectivity index (χ1n) is 8.37. The molecule has 1 heterocycles. The van der Waals surface area contributed by atoms with Gasteiger partial charge in [-0.05, 0) is 45.8 Å². The average Bonchev–Trinajstić information content (AvgIpc) is 3.05. The van der Waals surface area contributed by atoms with E-state index in [0.717, 1.165) is 21.2 Å². The number of sulfone groups is 1. The number of hydrogen-bond acceptors (Lipinski definition) is 6. The lowest BCUT2D eigenvalue weighted by atomic mass is 10.1. The Hall–Kier alpha value is -3.18. The number of nitrogens with two attached hydrogens (primary N) is 1. The summed E-state index contributed by atoms with van der Waals surface area (Å²) >= 11 is 0. The highest BCUT2D eigenvalue weighted by Crippen LogP contribution is 2.23. The van der Waals surface area contributed by atoms with E-state index in [4.69, 9.17) is 5.73 Å². The van der Waals surface area contributed by atoms with E-state index in [9.17, 15) is 22.0 Å². The van der Waals surface area contributed by atoms with Gasteiger partial charge in [0.15, 0.2) is 9.84 Å². The number of nitrogens with zero attached hydrogens (tertiary/aromatic N) is 4. The number of halogens is 2. The van der Waals surface area contributed by atoms with E-state index in [-0.39, 0.29) is 4.90 Å². The lowest BCUT2D eigenvalue weighted by Crippen LogP contribution is -2.26. The third-order valence-electron chi connectivity index (χ3n) is 4.20. The molecule has 8 nitrogen and oxygen atoms in total. The molecule has 0 aliphatic rings. The molecule has 2 aromatic carbocycles. The van der Waals surface area contributed by atoms with Crippen molar-refractivity contribution >= 4 is 9.84 Å². The minimum atomic E-state index is -3.31. The van der Waals surface area contributed by atoms with Gasteiger partial charge in [0.2, 0.25) is 0 Å². The monoisotopic (exact) mass is 421 g/mol. The number of tetrazole rings is 1. The standard InChI is InChI=1S/C18H17F2N5O3S/c1-29(27,28)16-7-5-12(6-8-16)13-3-2-4-15(9-13)25-18(26)24(22-23-25)11-14(10-21)17(19)20/h2-9H,10-11,21H2,1H3. The van der Waals surface area contributed by atoms with Crippen molar-refractivity contribution in [3.63, 3.8) is 0 Å². The van der Waals surface area contributed by atoms with Gasteiger partial charge in [-0.3, -0.25) is 0 Å². The first-order chi connectivity index (χ1) is 13.7. The topological polar surface area (TPSA) is 113 Å². The van der Waals surface area contributed by atoms with Crippen molar-refractivity contribution in [1.29, 1.82) is 0 Å². The van der Waals surface area contributed by atoms with Crippen LogP contribution in [-0.4, -0.2) is 41.0 Å². The molecule has 3 rings (SSSR count). The Morgan fingerprint density at radius 3 is 2.34 bits per heavy atom. The lowest BCUT2D eigenvalue weighted by Gasteiger charge is -2.06. The Labute approximate surface area is 164 Å². The number of benzene rings is 2. The maximum absolute atomic E-state index is 12.8. The van der Waals surface area contributed by atoms with Crippen LogP contribution in [0.1, 0.15) is 0 Å². The highest BCUT2D eigenvalue weighted by Gasteiger charge is 2.14. The summed E-state index contributed by atoms with van der Waals surface area (Å²) < 4.78 is 50.5. The molecule has 0 spiro atoms. The number of hydrogen-bond donors (Lipinski definition) is 1. The van der Waals surface area contributed by atoms with E-state index in [0.29, 0.717) is 11.3 Å². The Morgan fingerprint density at radius 1 is 1.07 bits per heavy atom. The molecule has 0 fully saturated rings. The van der Waals surface area contributed by atoms with Gasteiger partial charge in [0, 0.05) is 18.4 Å². The van der Waals surface area contributed by atoms with Crippen molar-refractivity contribution in [1.82, 2.24) is 19.8 Å². The zero-order valence-electron chi connectivity index (χ0n) is 15.3. The fraction of sp³-hybridized carbons (Fsp3) is 0.167. The summed E-state index contributed by atoms with van der Waals surface area (Å²) in [7, 11) is -3.31. The largest absolute Gasteiger partial charge is 0.368 e. The first-order valence-corrected chi connectivity index (χ1v) is 10.3. The average molecular weight is 421 g/mol. The van der Waals surface area contributed by atoms with Crippen LogP contribution in [0.4, 0.5) is 8.78 Å². The molecule has 0 aliphatic carbocycles. The van der Waals surface area contributed by atoms with E-state index in [2.05, 4.69) is 10.4 Å². The molecular formula is C18H17F2N5O3S. The summed E-state index contributed by atoms with van der Waals surface area (Å²) in [4.78, 5) is 12.7. The number of rotatable bonds is 6. The normalized spacial score (nSPS) is 11.4. The maximum atomic E-state index is 12.8. The van der Waals surface area contributed by atoms with E-state index < -0.39 is 40.3 Å². The van der Waals surface area contributed by atoms with Crippen LogP contribution in [0, 0.1) is 0 Å². The quantitative estimate of drug-likeness (QED) is 0.647. The van der Waals surface area contributed by atoms with Crippen LogP contribution in [0.5, 0.6) is 0 Å². The van der Waals surface area contributed by atoms with Crippen molar-refractivity contribution in [2.45, 2.75) is 11.4 Å². The SMILES string of the molecule is CS(=O)(=O)c1ccc(-c2cccc(-n3nnn(CC(CN)=C(F)F)c3=O)c2)cc1. The second-order valence-electron chi connectivity index (χ2n) is 6.25. The zero-order valence-corrected chi connectivity index (χ0v) is 16.1. The fourth-order valence-corrected chi connectivity index (χ4v) is 3.26. The summed E-state index contributed by atoms with van der Waals surface area (Å²) in [5.41, 5.74) is 5.99. The Morgan fingerprint density at radius 2 is 1.76 bits per heavy atom. The van der Waals surface area contributed by atoms with Crippen LogP contribution in [-0.2, 0) is 16.4 Å². The van der Waals surface area contributed by atoms with Gasteiger partial charge >= 0.3 is 5.69 Å². The molecule has 0 bridgehead atoms. The van der Waals surface area contributed by atoms with E-state index in [1.807, 2.05) is 0 Å². The molecule has 0 unspecified atom stereocenters. The van der Waals surface area contributed by atoms with E-state index in [1.54, 1.807) is 36.4 Å². The Bertz CT molecular complexity index is 1230. The van der Waals surface area contributed by atoms with Crippen molar-refractivity contribution in [2.75, 3.05) is 12.8 Å². The van der Waals surface area contributed by atoms with Gasteiger partial charge in [-0.15, -0.1) is 0 Å². The molecule has 2 N–H and O–H groups in total. The summed E-state index contributed by atoms with van der Waals surface area (Å²) in [6, 6.07) is 13.0. The summed E-state index contributed by atoms with van der Waals surface area (Å²) in [5, 5.41) is 7.37. The molecule has 0 radical (unpaired) electrons. The predicted molar refractivity (Wildman–Crippen MR) is 102 cm³/mol. The van der Waals surface area contributed by atoms with Gasteiger partial charge in [0.05, 0.1) is 17.1 Å². The summed E-state index contributed by atoms with van der Waals surface area (Å²) in [6.07, 6.45) is -0.827. The fourth-order valence-electron chi connectivity index (χ4n) is 2.63. The smallest absolute Gasteiger partial charge is 0.327 e. The van der Waals surface area contributed by atoms with Gasteiger partial charge in [0.25, 0.3) is 6.08 Å². The molecule has 29 heavy (non-hydrogen) atoms. The van der Waals surface area contributed by atoms with Crippen LogP contribution < -0.4 is 11.4 Å².